The molecule has 1 N–H and O–H groups in total. The molecule has 4 heteroatoms. The number of rotatable bonds is 2. The number of carbonyl (C=O) groups excluding carboxylic acids is 1. The highest BCUT2D eigenvalue weighted by Gasteiger charge is 2.21. The van der Waals surface area contributed by atoms with Crippen molar-refractivity contribution in [1.29, 1.82) is 0 Å². The van der Waals surface area contributed by atoms with E-state index in [-0.39, 0.29) is 5.97 Å². The van der Waals surface area contributed by atoms with Crippen LogP contribution in [0.5, 0.6) is 0 Å². The standard InChI is InChI=1S/C12H13NO3/c1-7-10(9-4-5-16-6-9)11(8(2)13-7)12(14)15-3/h4-6,13H,1-3H3. The lowest BCUT2D eigenvalue weighted by Gasteiger charge is -2.02. The van der Waals surface area contributed by atoms with Crippen LogP contribution in [0.2, 0.25) is 0 Å². The van der Waals surface area contributed by atoms with Crippen molar-refractivity contribution in [2.75, 3.05) is 7.11 Å². The van der Waals surface area contributed by atoms with Crippen LogP contribution in [0.1, 0.15) is 21.7 Å². The Balaban J connectivity index is 2.64. The van der Waals surface area contributed by atoms with Crippen LogP contribution in [0, 0.1) is 13.8 Å². The fourth-order valence-corrected chi connectivity index (χ4v) is 1.91. The molecule has 2 aromatic rings. The maximum Gasteiger partial charge on any atom is 0.340 e. The molecule has 0 atom stereocenters. The molecule has 0 aliphatic rings. The number of ether oxygens (including phenoxy) is 1. The second kappa shape index (κ2) is 3.89. The van der Waals surface area contributed by atoms with E-state index in [9.17, 15) is 4.79 Å². The molecule has 16 heavy (non-hydrogen) atoms. The molecule has 2 aromatic heterocycles. The van der Waals surface area contributed by atoms with Gasteiger partial charge in [0.15, 0.2) is 0 Å². The lowest BCUT2D eigenvalue weighted by Crippen LogP contribution is -2.03. The Kier molecular flexibility index (Phi) is 2.56. The van der Waals surface area contributed by atoms with Crippen LogP contribution in [0.15, 0.2) is 23.0 Å². The third kappa shape index (κ3) is 1.52. The fourth-order valence-electron chi connectivity index (χ4n) is 1.91. The molecule has 0 saturated heterocycles. The van der Waals surface area contributed by atoms with E-state index in [1.54, 1.807) is 12.5 Å². The minimum atomic E-state index is -0.335. The first-order valence-electron chi connectivity index (χ1n) is 4.95. The number of aromatic amines is 1. The average Bonchev–Trinajstić information content (AvgIpc) is 2.84. The second-order valence-electron chi connectivity index (χ2n) is 3.63. The van der Waals surface area contributed by atoms with Gasteiger partial charge in [-0.1, -0.05) is 0 Å². The Morgan fingerprint density at radius 2 is 2.12 bits per heavy atom. The maximum absolute atomic E-state index is 11.7. The minimum absolute atomic E-state index is 0.335. The van der Waals surface area contributed by atoms with Gasteiger partial charge in [0.05, 0.1) is 25.2 Å². The zero-order valence-electron chi connectivity index (χ0n) is 9.46. The molecule has 0 aliphatic heterocycles. The van der Waals surface area contributed by atoms with Crippen molar-refractivity contribution in [3.63, 3.8) is 0 Å². The van der Waals surface area contributed by atoms with Gasteiger partial charge in [0.2, 0.25) is 0 Å². The monoisotopic (exact) mass is 219 g/mol. The van der Waals surface area contributed by atoms with Gasteiger partial charge in [-0.2, -0.15) is 0 Å². The highest BCUT2D eigenvalue weighted by atomic mass is 16.5. The van der Waals surface area contributed by atoms with Crippen LogP contribution in [0.3, 0.4) is 0 Å². The van der Waals surface area contributed by atoms with E-state index in [0.29, 0.717) is 5.56 Å². The van der Waals surface area contributed by atoms with E-state index in [1.807, 2.05) is 19.9 Å². The summed E-state index contributed by atoms with van der Waals surface area (Å²) in [5.74, 6) is -0.335. The topological polar surface area (TPSA) is 55.2 Å². The molecule has 0 amide bonds. The van der Waals surface area contributed by atoms with E-state index >= 15 is 0 Å². The first-order valence-corrected chi connectivity index (χ1v) is 4.95. The number of hydrogen-bond donors (Lipinski definition) is 1. The lowest BCUT2D eigenvalue weighted by atomic mass is 10.0. The van der Waals surface area contributed by atoms with Crippen molar-refractivity contribution in [3.8, 4) is 11.1 Å². The Morgan fingerprint density at radius 3 is 2.69 bits per heavy atom. The first-order chi connectivity index (χ1) is 7.65. The van der Waals surface area contributed by atoms with Gasteiger partial charge in [-0.3, -0.25) is 0 Å². The van der Waals surface area contributed by atoms with Crippen molar-refractivity contribution in [3.05, 3.63) is 35.5 Å². The van der Waals surface area contributed by atoms with Gasteiger partial charge in [-0.25, -0.2) is 4.79 Å². The molecule has 0 aromatic carbocycles. The number of methoxy groups -OCH3 is 1. The molecule has 2 rings (SSSR count). The summed E-state index contributed by atoms with van der Waals surface area (Å²) < 4.78 is 9.82. The summed E-state index contributed by atoms with van der Waals surface area (Å²) in [5.41, 5.74) is 4.03. The van der Waals surface area contributed by atoms with Gasteiger partial charge in [0, 0.05) is 22.5 Å². The molecule has 2 heterocycles. The molecule has 4 nitrogen and oxygen atoms in total. The van der Waals surface area contributed by atoms with Gasteiger partial charge < -0.3 is 14.1 Å². The van der Waals surface area contributed by atoms with Crippen molar-refractivity contribution in [2.45, 2.75) is 13.8 Å². The van der Waals surface area contributed by atoms with Gasteiger partial charge in [0.25, 0.3) is 0 Å². The minimum Gasteiger partial charge on any atom is -0.472 e. The summed E-state index contributed by atoms with van der Waals surface area (Å²) in [6, 6.07) is 1.82. The zero-order valence-corrected chi connectivity index (χ0v) is 9.46. The summed E-state index contributed by atoms with van der Waals surface area (Å²) in [6.45, 7) is 3.77. The molecule has 0 bridgehead atoms. The normalized spacial score (nSPS) is 10.4. The van der Waals surface area contributed by atoms with Crippen LogP contribution < -0.4 is 0 Å². The van der Waals surface area contributed by atoms with Crippen LogP contribution in [0.25, 0.3) is 11.1 Å². The van der Waals surface area contributed by atoms with Crippen molar-refractivity contribution in [1.82, 2.24) is 4.98 Å². The lowest BCUT2D eigenvalue weighted by molar-refractivity contribution is 0.0601. The number of H-pyrrole nitrogens is 1. The summed E-state index contributed by atoms with van der Waals surface area (Å²) in [7, 11) is 1.38. The van der Waals surface area contributed by atoms with Crippen LogP contribution in [-0.4, -0.2) is 18.1 Å². The van der Waals surface area contributed by atoms with Crippen LogP contribution >= 0.6 is 0 Å². The molecule has 0 saturated carbocycles. The third-order valence-electron chi connectivity index (χ3n) is 2.57. The van der Waals surface area contributed by atoms with Crippen molar-refractivity contribution >= 4 is 5.97 Å². The zero-order chi connectivity index (χ0) is 11.7. The second-order valence-corrected chi connectivity index (χ2v) is 3.63. The highest BCUT2D eigenvalue weighted by molar-refractivity contribution is 5.99. The van der Waals surface area contributed by atoms with E-state index in [1.165, 1.54) is 7.11 Å². The summed E-state index contributed by atoms with van der Waals surface area (Å²) in [6.07, 6.45) is 3.19. The summed E-state index contributed by atoms with van der Waals surface area (Å²) in [4.78, 5) is 14.8. The quantitative estimate of drug-likeness (QED) is 0.790. The van der Waals surface area contributed by atoms with Gasteiger partial charge in [-0.15, -0.1) is 0 Å². The van der Waals surface area contributed by atoms with E-state index in [2.05, 4.69) is 4.98 Å². The number of hydrogen-bond acceptors (Lipinski definition) is 3. The number of esters is 1. The Hall–Kier alpha value is -1.97. The largest absolute Gasteiger partial charge is 0.472 e. The molecule has 0 radical (unpaired) electrons. The first kappa shape index (κ1) is 10.5. The van der Waals surface area contributed by atoms with Gasteiger partial charge >= 0.3 is 5.97 Å². The third-order valence-corrected chi connectivity index (χ3v) is 2.57. The van der Waals surface area contributed by atoms with Gasteiger partial charge in [-0.05, 0) is 19.9 Å². The molecule has 0 unspecified atom stereocenters. The number of furan rings is 1. The maximum atomic E-state index is 11.7. The Labute approximate surface area is 93.2 Å². The molecule has 0 aliphatic carbocycles. The number of nitrogens with one attached hydrogen (secondary N) is 1. The van der Waals surface area contributed by atoms with E-state index in [0.717, 1.165) is 22.5 Å². The Bertz CT molecular complexity index is 509. The van der Waals surface area contributed by atoms with Crippen LogP contribution in [-0.2, 0) is 4.74 Å². The number of aromatic nitrogens is 1. The van der Waals surface area contributed by atoms with Crippen molar-refractivity contribution < 1.29 is 13.9 Å². The van der Waals surface area contributed by atoms with Crippen molar-refractivity contribution in [2.24, 2.45) is 0 Å². The molecule has 0 fully saturated rings. The molecule has 0 spiro atoms. The van der Waals surface area contributed by atoms with Crippen LogP contribution in [0.4, 0.5) is 0 Å². The van der Waals surface area contributed by atoms with Gasteiger partial charge in [0.1, 0.15) is 0 Å². The number of aryl methyl sites for hydroxylation is 2. The van der Waals surface area contributed by atoms with E-state index < -0.39 is 0 Å². The predicted octanol–water partition coefficient (Wildman–Crippen LogP) is 2.68. The summed E-state index contributed by atoms with van der Waals surface area (Å²) >= 11 is 0. The molecule has 84 valence electrons. The SMILES string of the molecule is COC(=O)c1c(C)[nH]c(C)c1-c1ccoc1. The predicted molar refractivity (Wildman–Crippen MR) is 59.3 cm³/mol. The smallest absolute Gasteiger partial charge is 0.340 e. The molecular formula is C12H13NO3. The number of carbonyl (C=O) groups is 1. The summed E-state index contributed by atoms with van der Waals surface area (Å²) in [5, 5.41) is 0. The fraction of sp³-hybridized carbons (Fsp3) is 0.250. The highest BCUT2D eigenvalue weighted by Crippen LogP contribution is 2.30. The van der Waals surface area contributed by atoms with E-state index in [4.69, 9.17) is 9.15 Å². The Morgan fingerprint density at radius 1 is 1.38 bits per heavy atom. The average molecular weight is 219 g/mol. The molecular weight excluding hydrogens is 206 g/mol.